The van der Waals surface area contributed by atoms with E-state index in [0.29, 0.717) is 5.69 Å². The molecule has 1 aromatic rings. The molecule has 1 rings (SSSR count). The van der Waals surface area contributed by atoms with E-state index in [1.807, 2.05) is 12.1 Å². The van der Waals surface area contributed by atoms with Gasteiger partial charge in [0.25, 0.3) is 0 Å². The first-order valence-corrected chi connectivity index (χ1v) is 4.52. The molecule has 0 aliphatic rings. The van der Waals surface area contributed by atoms with Crippen molar-refractivity contribution in [3.05, 3.63) is 24.3 Å². The Morgan fingerprint density at radius 3 is 2.08 bits per heavy atom. The number of benzene rings is 1. The topological polar surface area (TPSA) is 37.9 Å². The van der Waals surface area contributed by atoms with Crippen molar-refractivity contribution in [1.29, 1.82) is 0 Å². The minimum absolute atomic E-state index is 0.593. The Balaban J connectivity index is 2.83. The highest BCUT2D eigenvalue weighted by atomic mass is 15.1. The first-order valence-electron chi connectivity index (χ1n) is 4.52. The Hall–Kier alpha value is -1.38. The molecule has 0 atom stereocenters. The van der Waals surface area contributed by atoms with E-state index >= 15 is 0 Å². The summed E-state index contributed by atoms with van der Waals surface area (Å²) in [4.78, 5) is 2.24. The van der Waals surface area contributed by atoms with Crippen LogP contribution in [-0.4, -0.2) is 13.1 Å². The van der Waals surface area contributed by atoms with Crippen LogP contribution in [0.1, 0.15) is 13.8 Å². The van der Waals surface area contributed by atoms with E-state index in [0.717, 1.165) is 18.8 Å². The molecule has 0 heterocycles. The van der Waals surface area contributed by atoms with Crippen molar-refractivity contribution in [2.24, 2.45) is 5.11 Å². The van der Waals surface area contributed by atoms with Gasteiger partial charge in [0, 0.05) is 18.8 Å². The van der Waals surface area contributed by atoms with Gasteiger partial charge >= 0.3 is 0 Å². The maximum absolute atomic E-state index is 8.49. The van der Waals surface area contributed by atoms with Crippen molar-refractivity contribution >= 4 is 11.4 Å². The third kappa shape index (κ3) is 2.28. The molecule has 0 amide bonds. The molecule has 69 valence electrons. The molecule has 13 heavy (non-hydrogen) atoms. The summed E-state index contributed by atoms with van der Waals surface area (Å²) in [7, 11) is 0. The summed E-state index contributed by atoms with van der Waals surface area (Å²) >= 11 is 0. The van der Waals surface area contributed by atoms with Crippen molar-refractivity contribution in [3.8, 4) is 0 Å². The zero-order chi connectivity index (χ0) is 9.68. The van der Waals surface area contributed by atoms with Crippen LogP contribution in [0.3, 0.4) is 0 Å². The summed E-state index contributed by atoms with van der Waals surface area (Å²) < 4.78 is 0. The fraction of sp³-hybridized carbons (Fsp3) is 0.400. The highest BCUT2D eigenvalue weighted by molar-refractivity contribution is 5.52. The molecule has 0 aromatic heterocycles. The van der Waals surface area contributed by atoms with Crippen LogP contribution in [-0.2, 0) is 0 Å². The lowest BCUT2D eigenvalue weighted by Gasteiger charge is -2.20. The van der Waals surface area contributed by atoms with E-state index < -0.39 is 0 Å². The Kier molecular flexibility index (Phi) is 3.43. The fourth-order valence-electron chi connectivity index (χ4n) is 1.32. The van der Waals surface area contributed by atoms with Gasteiger partial charge in [-0.05, 0) is 43.6 Å². The molecule has 0 bridgehead atoms. The lowest BCUT2D eigenvalue weighted by atomic mass is 10.2. The summed E-state index contributed by atoms with van der Waals surface area (Å²) in [5.41, 5.74) is 10.3. The van der Waals surface area contributed by atoms with Gasteiger partial charge in [0.05, 0.1) is 5.69 Å². The van der Waals surface area contributed by atoms with Crippen LogP contribution in [0.25, 0.3) is 0 Å². The van der Waals surface area contributed by atoms with Gasteiger partial charge in [-0.1, -0.05) is 0 Å². The monoisotopic (exact) mass is 176 g/mol. The zero-order valence-electron chi connectivity index (χ0n) is 8.07. The molecule has 0 saturated carbocycles. The predicted octanol–water partition coefficient (Wildman–Crippen LogP) is 2.42. The third-order valence-corrected chi connectivity index (χ3v) is 2.09. The molecule has 3 heteroatoms. The van der Waals surface area contributed by atoms with E-state index in [1.165, 1.54) is 0 Å². The summed E-state index contributed by atoms with van der Waals surface area (Å²) in [6, 6.07) is 7.52. The Bertz CT molecular complexity index is 262. The lowest BCUT2D eigenvalue weighted by Crippen LogP contribution is -2.21. The number of hydrogen-bond donors (Lipinski definition) is 0. The van der Waals surface area contributed by atoms with Gasteiger partial charge in [-0.3, -0.25) is 0 Å². The van der Waals surface area contributed by atoms with Gasteiger partial charge < -0.3 is 4.90 Å². The van der Waals surface area contributed by atoms with Gasteiger partial charge in [-0.15, -0.1) is 5.11 Å². The normalized spacial score (nSPS) is 9.69. The first-order chi connectivity index (χ1) is 6.31. The number of hydrogen-bond acceptors (Lipinski definition) is 2. The quantitative estimate of drug-likeness (QED) is 0.649. The average Bonchev–Trinajstić information content (AvgIpc) is 2.21. The highest BCUT2D eigenvalue weighted by Crippen LogP contribution is 2.18. The standard InChI is InChI=1S/C10H14N3/c1-3-13(4-2)10-7-5-9(12-11)6-8-10/h5-8H,3-4H2,1-2H3. The van der Waals surface area contributed by atoms with E-state index in [4.69, 9.17) is 5.53 Å². The largest absolute Gasteiger partial charge is 0.372 e. The van der Waals surface area contributed by atoms with Crippen LogP contribution >= 0.6 is 0 Å². The molecule has 0 aliphatic carbocycles. The summed E-state index contributed by atoms with van der Waals surface area (Å²) in [5, 5.41) is 3.10. The van der Waals surface area contributed by atoms with E-state index in [2.05, 4.69) is 23.9 Å². The number of rotatable bonds is 4. The van der Waals surface area contributed by atoms with E-state index in [1.54, 1.807) is 12.1 Å². The molecule has 3 nitrogen and oxygen atoms in total. The number of anilines is 1. The van der Waals surface area contributed by atoms with Crippen molar-refractivity contribution in [1.82, 2.24) is 5.53 Å². The summed E-state index contributed by atoms with van der Waals surface area (Å²) in [6.07, 6.45) is 0. The van der Waals surface area contributed by atoms with Crippen LogP contribution in [0.2, 0.25) is 0 Å². The third-order valence-electron chi connectivity index (χ3n) is 2.09. The van der Waals surface area contributed by atoms with Crippen molar-refractivity contribution < 1.29 is 0 Å². The Morgan fingerprint density at radius 2 is 1.69 bits per heavy atom. The molecule has 0 spiro atoms. The van der Waals surface area contributed by atoms with Crippen LogP contribution in [0.15, 0.2) is 29.4 Å². The van der Waals surface area contributed by atoms with Gasteiger partial charge in [-0.25, -0.2) is 0 Å². The Morgan fingerprint density at radius 1 is 1.15 bits per heavy atom. The molecule has 0 unspecified atom stereocenters. The summed E-state index contributed by atoms with van der Waals surface area (Å²) in [6.45, 7) is 6.22. The molecule has 0 fully saturated rings. The second kappa shape index (κ2) is 4.60. The molecule has 0 saturated heterocycles. The maximum Gasteiger partial charge on any atom is 0.0877 e. The van der Waals surface area contributed by atoms with E-state index in [-0.39, 0.29) is 0 Å². The number of nitrogens with zero attached hydrogens (tertiary/aromatic N) is 3. The van der Waals surface area contributed by atoms with Crippen LogP contribution < -0.4 is 10.4 Å². The highest BCUT2D eigenvalue weighted by Gasteiger charge is 2.00. The molecular weight excluding hydrogens is 162 g/mol. The van der Waals surface area contributed by atoms with Crippen LogP contribution in [0.4, 0.5) is 11.4 Å². The predicted molar refractivity (Wildman–Crippen MR) is 54.2 cm³/mol. The van der Waals surface area contributed by atoms with Crippen LogP contribution in [0, 0.1) is 0 Å². The Labute approximate surface area is 78.9 Å². The SMILES string of the molecule is CCN(CC)c1ccc(N=[N])cc1. The van der Waals surface area contributed by atoms with Crippen LogP contribution in [0.5, 0.6) is 0 Å². The van der Waals surface area contributed by atoms with Gasteiger partial charge in [0.1, 0.15) is 0 Å². The fourth-order valence-corrected chi connectivity index (χ4v) is 1.32. The molecule has 1 radical (unpaired) electrons. The maximum atomic E-state index is 8.49. The van der Waals surface area contributed by atoms with Crippen molar-refractivity contribution in [2.75, 3.05) is 18.0 Å². The molecule has 0 aliphatic heterocycles. The first kappa shape index (κ1) is 9.71. The zero-order valence-corrected chi connectivity index (χ0v) is 8.07. The molecule has 0 N–H and O–H groups in total. The minimum Gasteiger partial charge on any atom is -0.372 e. The van der Waals surface area contributed by atoms with Crippen molar-refractivity contribution in [3.63, 3.8) is 0 Å². The second-order valence-corrected chi connectivity index (χ2v) is 2.79. The lowest BCUT2D eigenvalue weighted by molar-refractivity contribution is 0.866. The van der Waals surface area contributed by atoms with Gasteiger partial charge in [-0.2, -0.15) is 0 Å². The van der Waals surface area contributed by atoms with E-state index in [9.17, 15) is 0 Å². The second-order valence-electron chi connectivity index (χ2n) is 2.79. The van der Waals surface area contributed by atoms with Crippen molar-refractivity contribution in [2.45, 2.75) is 13.8 Å². The minimum atomic E-state index is 0.593. The molecular formula is C10H14N3. The molecule has 1 aromatic carbocycles. The average molecular weight is 176 g/mol. The summed E-state index contributed by atoms with van der Waals surface area (Å²) in [5.74, 6) is 0. The smallest absolute Gasteiger partial charge is 0.0877 e. The van der Waals surface area contributed by atoms with Gasteiger partial charge in [0.15, 0.2) is 0 Å². The van der Waals surface area contributed by atoms with Gasteiger partial charge in [0.2, 0.25) is 0 Å².